The van der Waals surface area contributed by atoms with Crippen molar-refractivity contribution in [2.75, 3.05) is 0 Å². The largest absolute Gasteiger partial charge is 0.431 e. The first kappa shape index (κ1) is 17.6. The summed E-state index contributed by atoms with van der Waals surface area (Å²) in [6, 6.07) is 8.94. The van der Waals surface area contributed by atoms with Gasteiger partial charge in [-0.25, -0.2) is 0 Å². The van der Waals surface area contributed by atoms with Crippen LogP contribution < -0.4 is 0 Å². The van der Waals surface area contributed by atoms with Crippen LogP contribution in [0.25, 0.3) is 0 Å². The molecule has 0 saturated heterocycles. The zero-order valence-electron chi connectivity index (χ0n) is 12.5. The molecule has 3 rings (SSSR count). The van der Waals surface area contributed by atoms with Crippen LogP contribution in [0.15, 0.2) is 58.4 Å². The van der Waals surface area contributed by atoms with Gasteiger partial charge in [0.25, 0.3) is 5.91 Å². The second-order valence-electron chi connectivity index (χ2n) is 5.41. The molecule has 1 atom stereocenters. The lowest BCUT2D eigenvalue weighted by molar-refractivity contribution is -0.0817. The van der Waals surface area contributed by atoms with Gasteiger partial charge in [-0.3, -0.25) is 9.78 Å². The molecular formula is C16H11BrF3N3O2. The number of carbonyl (C=O) groups is 1. The average molecular weight is 414 g/mol. The highest BCUT2D eigenvalue weighted by molar-refractivity contribution is 9.10. The van der Waals surface area contributed by atoms with Crippen molar-refractivity contribution in [2.45, 2.75) is 18.3 Å². The first-order chi connectivity index (χ1) is 11.7. The molecule has 1 aromatic heterocycles. The number of rotatable bonds is 2. The van der Waals surface area contributed by atoms with E-state index in [0.29, 0.717) is 9.48 Å². The van der Waals surface area contributed by atoms with Gasteiger partial charge >= 0.3 is 6.18 Å². The summed E-state index contributed by atoms with van der Waals surface area (Å²) in [6.45, 7) is 0. The van der Waals surface area contributed by atoms with Gasteiger partial charge < -0.3 is 5.11 Å². The van der Waals surface area contributed by atoms with E-state index in [-0.39, 0.29) is 11.1 Å². The molecule has 25 heavy (non-hydrogen) atoms. The molecule has 2 aromatic rings. The Hall–Kier alpha value is -2.26. The van der Waals surface area contributed by atoms with E-state index >= 15 is 0 Å². The molecule has 1 N–H and O–H groups in total. The Morgan fingerprint density at radius 2 is 2.04 bits per heavy atom. The third-order valence-electron chi connectivity index (χ3n) is 3.70. The molecule has 0 spiro atoms. The fourth-order valence-electron chi connectivity index (χ4n) is 2.49. The predicted molar refractivity (Wildman–Crippen MR) is 86.6 cm³/mol. The molecule has 0 fully saturated rings. The van der Waals surface area contributed by atoms with Crippen LogP contribution in [0.1, 0.15) is 22.3 Å². The number of benzene rings is 1. The van der Waals surface area contributed by atoms with Gasteiger partial charge in [0.2, 0.25) is 0 Å². The summed E-state index contributed by atoms with van der Waals surface area (Å²) in [7, 11) is 0. The Balaban J connectivity index is 2.08. The summed E-state index contributed by atoms with van der Waals surface area (Å²) in [4.78, 5) is 16.5. The molecule has 0 saturated carbocycles. The highest BCUT2D eigenvalue weighted by atomic mass is 79.9. The number of hydrazone groups is 1. The van der Waals surface area contributed by atoms with Crippen LogP contribution in [0, 0.1) is 0 Å². The molecule has 0 bridgehead atoms. The number of aromatic nitrogens is 1. The van der Waals surface area contributed by atoms with E-state index in [4.69, 9.17) is 0 Å². The van der Waals surface area contributed by atoms with Gasteiger partial charge in [0.15, 0.2) is 5.72 Å². The zero-order valence-corrected chi connectivity index (χ0v) is 14.1. The van der Waals surface area contributed by atoms with Gasteiger partial charge in [0.05, 0.1) is 6.42 Å². The van der Waals surface area contributed by atoms with Crippen LogP contribution in [0.5, 0.6) is 0 Å². The van der Waals surface area contributed by atoms with E-state index in [1.165, 1.54) is 36.7 Å². The van der Waals surface area contributed by atoms with Crippen molar-refractivity contribution in [1.82, 2.24) is 9.99 Å². The predicted octanol–water partition coefficient (Wildman–Crippen LogP) is 3.45. The van der Waals surface area contributed by atoms with Gasteiger partial charge in [0.1, 0.15) is 5.71 Å². The van der Waals surface area contributed by atoms with Crippen molar-refractivity contribution in [2.24, 2.45) is 5.10 Å². The molecule has 5 nitrogen and oxygen atoms in total. The Bertz CT molecular complexity index is 842. The molecule has 1 aliphatic rings. The van der Waals surface area contributed by atoms with E-state index in [1.807, 2.05) is 0 Å². The average Bonchev–Trinajstić information content (AvgIpc) is 2.94. The second-order valence-corrected chi connectivity index (χ2v) is 6.32. The third kappa shape index (κ3) is 3.29. The Morgan fingerprint density at radius 1 is 1.28 bits per heavy atom. The maximum atomic E-state index is 13.1. The Kier molecular flexibility index (Phi) is 4.38. The molecule has 0 radical (unpaired) electrons. The van der Waals surface area contributed by atoms with E-state index in [1.54, 1.807) is 12.1 Å². The fraction of sp³-hybridized carbons (Fsp3) is 0.188. The maximum absolute atomic E-state index is 13.1. The number of alkyl halides is 3. The van der Waals surface area contributed by atoms with Crippen molar-refractivity contribution in [3.63, 3.8) is 0 Å². The molecule has 1 aliphatic heterocycles. The minimum atomic E-state index is -4.76. The van der Waals surface area contributed by atoms with Crippen molar-refractivity contribution in [3.05, 3.63) is 64.4 Å². The standard InChI is InChI=1S/C16H11BrF3N3O2/c17-12-5-1-3-10(7-12)14(24)23-15(25,11-4-2-6-21-9-11)8-13(22-23)16(18,19)20/h1-7,9,25H,8H2/t15-/m0/s1. The number of hydrogen-bond acceptors (Lipinski definition) is 4. The Morgan fingerprint density at radius 3 is 2.64 bits per heavy atom. The van der Waals surface area contributed by atoms with Crippen LogP contribution in [0.4, 0.5) is 13.2 Å². The van der Waals surface area contributed by atoms with Crippen LogP contribution >= 0.6 is 15.9 Å². The summed E-state index contributed by atoms with van der Waals surface area (Å²) in [6.07, 6.45) is -3.02. The third-order valence-corrected chi connectivity index (χ3v) is 4.19. The molecule has 1 aromatic carbocycles. The lowest BCUT2D eigenvalue weighted by Gasteiger charge is -2.31. The number of nitrogens with zero attached hydrogens (tertiary/aromatic N) is 3. The highest BCUT2D eigenvalue weighted by Crippen LogP contribution is 2.40. The monoisotopic (exact) mass is 413 g/mol. The van der Waals surface area contributed by atoms with E-state index in [0.717, 1.165) is 0 Å². The van der Waals surface area contributed by atoms with Gasteiger partial charge in [-0.1, -0.05) is 28.1 Å². The highest BCUT2D eigenvalue weighted by Gasteiger charge is 2.53. The molecular weight excluding hydrogens is 403 g/mol. The second kappa shape index (κ2) is 6.23. The Labute approximate surface area is 148 Å². The van der Waals surface area contributed by atoms with Crippen molar-refractivity contribution >= 4 is 27.5 Å². The van der Waals surface area contributed by atoms with Gasteiger partial charge in [-0.15, -0.1) is 0 Å². The quantitative estimate of drug-likeness (QED) is 0.819. The molecule has 9 heteroatoms. The summed E-state index contributed by atoms with van der Waals surface area (Å²) in [5.41, 5.74) is -3.37. The van der Waals surface area contributed by atoms with Crippen molar-refractivity contribution < 1.29 is 23.1 Å². The first-order valence-corrected chi connectivity index (χ1v) is 7.89. The van der Waals surface area contributed by atoms with E-state index in [2.05, 4.69) is 26.0 Å². The molecule has 2 heterocycles. The lowest BCUT2D eigenvalue weighted by atomic mass is 9.98. The van der Waals surface area contributed by atoms with Crippen molar-refractivity contribution in [1.29, 1.82) is 0 Å². The molecule has 1 amide bonds. The molecule has 0 unspecified atom stereocenters. The lowest BCUT2D eigenvalue weighted by Crippen LogP contribution is -2.43. The van der Waals surface area contributed by atoms with E-state index < -0.39 is 29.9 Å². The maximum Gasteiger partial charge on any atom is 0.431 e. The number of aliphatic hydroxyl groups is 1. The van der Waals surface area contributed by atoms with Crippen LogP contribution in [-0.4, -0.2) is 32.9 Å². The molecule has 0 aliphatic carbocycles. The normalized spacial score (nSPS) is 20.5. The smallest absolute Gasteiger partial charge is 0.365 e. The zero-order chi connectivity index (χ0) is 18.2. The van der Waals surface area contributed by atoms with Crippen LogP contribution in [0.3, 0.4) is 0 Å². The first-order valence-electron chi connectivity index (χ1n) is 7.09. The number of hydrogen-bond donors (Lipinski definition) is 1. The van der Waals surface area contributed by atoms with Gasteiger partial charge in [-0.2, -0.15) is 23.3 Å². The van der Waals surface area contributed by atoms with Gasteiger partial charge in [-0.05, 0) is 24.3 Å². The minimum Gasteiger partial charge on any atom is -0.365 e. The summed E-state index contributed by atoms with van der Waals surface area (Å²) in [5.74, 6) is -0.855. The summed E-state index contributed by atoms with van der Waals surface area (Å²) < 4.78 is 39.9. The van der Waals surface area contributed by atoms with Gasteiger partial charge in [0, 0.05) is 28.0 Å². The topological polar surface area (TPSA) is 65.8 Å². The number of halogens is 4. The SMILES string of the molecule is O=C(c1cccc(Br)c1)N1N=C(C(F)(F)F)C[C@]1(O)c1cccnc1. The van der Waals surface area contributed by atoms with Crippen LogP contribution in [-0.2, 0) is 5.72 Å². The summed E-state index contributed by atoms with van der Waals surface area (Å²) >= 11 is 3.20. The molecule has 130 valence electrons. The van der Waals surface area contributed by atoms with Crippen molar-refractivity contribution in [3.8, 4) is 0 Å². The van der Waals surface area contributed by atoms with E-state index in [9.17, 15) is 23.1 Å². The fourth-order valence-corrected chi connectivity index (χ4v) is 2.88. The number of pyridine rings is 1. The summed E-state index contributed by atoms with van der Waals surface area (Å²) in [5, 5.41) is 14.7. The van der Waals surface area contributed by atoms with Crippen LogP contribution in [0.2, 0.25) is 0 Å². The number of amides is 1. The number of carbonyl (C=O) groups excluding carboxylic acids is 1. The minimum absolute atomic E-state index is 0.0429.